The number of benzene rings is 3. The summed E-state index contributed by atoms with van der Waals surface area (Å²) in [6.07, 6.45) is 4.27. The number of rotatable bonds is 4. The van der Waals surface area contributed by atoms with Crippen molar-refractivity contribution in [3.8, 4) is 22.5 Å². The fourth-order valence-corrected chi connectivity index (χ4v) is 6.25. The fourth-order valence-electron chi connectivity index (χ4n) is 5.01. The minimum Gasteiger partial charge on any atom is -0.328 e. The highest BCUT2D eigenvalue weighted by Crippen LogP contribution is 2.40. The molecule has 0 fully saturated rings. The molecule has 37 heavy (non-hydrogen) atoms. The second-order valence-electron chi connectivity index (χ2n) is 9.23. The summed E-state index contributed by atoms with van der Waals surface area (Å²) in [7, 11) is 0. The number of anilines is 2. The average Bonchev–Trinajstić information content (AvgIpc) is 3.58. The summed E-state index contributed by atoms with van der Waals surface area (Å²) >= 11 is 1.75. The Morgan fingerprint density at radius 3 is 2.24 bits per heavy atom. The van der Waals surface area contributed by atoms with E-state index < -0.39 is 0 Å². The molecule has 0 N–H and O–H groups in total. The molecular weight excluding hydrogens is 472 g/mol. The van der Waals surface area contributed by atoms with Crippen molar-refractivity contribution in [3.63, 3.8) is 0 Å². The van der Waals surface area contributed by atoms with E-state index in [2.05, 4.69) is 119 Å². The van der Waals surface area contributed by atoms with Gasteiger partial charge >= 0.3 is 0 Å². The lowest BCUT2D eigenvalue weighted by Gasteiger charge is -2.23. The molecule has 0 spiro atoms. The molecule has 7 rings (SSSR count). The molecule has 0 amide bonds. The van der Waals surface area contributed by atoms with Crippen molar-refractivity contribution in [2.24, 2.45) is 0 Å². The summed E-state index contributed by atoms with van der Waals surface area (Å²) in [5.74, 6) is 0. The number of nitrogens with zero attached hydrogens (tertiary/aromatic N) is 4. The van der Waals surface area contributed by atoms with Gasteiger partial charge in [0.05, 0.1) is 23.7 Å². The summed E-state index contributed by atoms with van der Waals surface area (Å²) in [5, 5.41) is 2.44. The number of aromatic nitrogens is 2. The fraction of sp³-hybridized carbons (Fsp3) is 0.0625. The summed E-state index contributed by atoms with van der Waals surface area (Å²) in [6, 6.07) is 36.0. The third-order valence-corrected chi connectivity index (χ3v) is 7.99. The van der Waals surface area contributed by atoms with Crippen LogP contribution in [0.1, 0.15) is 5.69 Å². The zero-order chi connectivity index (χ0) is 24.8. The number of fused-ring (bicyclic) bond motifs is 3. The number of hydrogen-bond donors (Lipinski definition) is 0. The van der Waals surface area contributed by atoms with E-state index in [-0.39, 0.29) is 0 Å². The highest BCUT2D eigenvalue weighted by Gasteiger charge is 2.19. The molecule has 6 aromatic rings. The first-order valence-corrected chi connectivity index (χ1v) is 13.2. The number of hydrogen-bond acceptors (Lipinski definition) is 5. The quantitative estimate of drug-likeness (QED) is 0.246. The smallest absolute Gasteiger partial charge is 0.124 e. The van der Waals surface area contributed by atoms with Gasteiger partial charge in [0.15, 0.2) is 0 Å². The molecule has 0 atom stereocenters. The van der Waals surface area contributed by atoms with Crippen LogP contribution in [0.25, 0.3) is 42.8 Å². The topological polar surface area (TPSA) is 32.3 Å². The van der Waals surface area contributed by atoms with Crippen molar-refractivity contribution in [2.45, 2.75) is 6.92 Å². The first-order chi connectivity index (χ1) is 18.2. The van der Waals surface area contributed by atoms with Gasteiger partial charge in [0.25, 0.3) is 0 Å². The second kappa shape index (κ2) is 8.87. The zero-order valence-corrected chi connectivity index (χ0v) is 21.2. The van der Waals surface area contributed by atoms with Crippen molar-refractivity contribution in [2.75, 3.05) is 16.5 Å². The summed E-state index contributed by atoms with van der Waals surface area (Å²) < 4.78 is 1.23. The van der Waals surface area contributed by atoms with Crippen LogP contribution in [0.4, 0.5) is 11.4 Å². The molecule has 1 aliphatic heterocycles. The Balaban J connectivity index is 1.28. The Labute approximate surface area is 219 Å². The van der Waals surface area contributed by atoms with Crippen molar-refractivity contribution >= 4 is 43.0 Å². The molecule has 1 aliphatic rings. The van der Waals surface area contributed by atoms with E-state index >= 15 is 0 Å². The minimum atomic E-state index is 0.758. The Bertz CT molecular complexity index is 1790. The monoisotopic (exact) mass is 496 g/mol. The van der Waals surface area contributed by atoms with Gasteiger partial charge in [-0.25, -0.2) is 9.97 Å². The van der Waals surface area contributed by atoms with Crippen LogP contribution in [0.15, 0.2) is 116 Å². The SMILES string of the molecule is Cc1ccc2c(n1)sc1c(-c3cccc(-c4ccccc4N4C=CN(c5ccccc5)C4)n3)cccc12. The van der Waals surface area contributed by atoms with Crippen molar-refractivity contribution in [1.82, 2.24) is 9.97 Å². The van der Waals surface area contributed by atoms with Gasteiger partial charge in [0.2, 0.25) is 0 Å². The van der Waals surface area contributed by atoms with Gasteiger partial charge in [-0.2, -0.15) is 0 Å². The lowest BCUT2D eigenvalue weighted by atomic mass is 10.0. The lowest BCUT2D eigenvalue weighted by Crippen LogP contribution is -2.24. The second-order valence-corrected chi connectivity index (χ2v) is 10.2. The van der Waals surface area contributed by atoms with Gasteiger partial charge in [-0.3, -0.25) is 0 Å². The molecule has 0 radical (unpaired) electrons. The first kappa shape index (κ1) is 21.8. The minimum absolute atomic E-state index is 0.758. The molecule has 0 unspecified atom stereocenters. The average molecular weight is 497 g/mol. The van der Waals surface area contributed by atoms with E-state index in [4.69, 9.17) is 9.97 Å². The number of aryl methyl sites for hydroxylation is 1. The van der Waals surface area contributed by atoms with Gasteiger partial charge in [-0.15, -0.1) is 11.3 Å². The molecule has 178 valence electrons. The first-order valence-electron chi connectivity index (χ1n) is 12.4. The maximum Gasteiger partial charge on any atom is 0.124 e. The summed E-state index contributed by atoms with van der Waals surface area (Å²) in [6.45, 7) is 2.80. The highest BCUT2D eigenvalue weighted by molar-refractivity contribution is 7.26. The molecule has 3 aromatic carbocycles. The number of pyridine rings is 2. The molecule has 0 saturated carbocycles. The van der Waals surface area contributed by atoms with Crippen LogP contribution < -0.4 is 9.80 Å². The molecule has 0 bridgehead atoms. The van der Waals surface area contributed by atoms with Crippen LogP contribution in [0.3, 0.4) is 0 Å². The maximum atomic E-state index is 5.18. The van der Waals surface area contributed by atoms with E-state index in [0.717, 1.165) is 45.4 Å². The highest BCUT2D eigenvalue weighted by atomic mass is 32.1. The standard InChI is InChI=1S/C32H24N4S/c1-22-17-18-25-24-12-7-13-27(31(24)37-32(25)33-22)29-15-8-14-28(34-29)26-11-5-6-16-30(26)36-20-19-35(21-36)23-9-3-2-4-10-23/h2-20H,21H2,1H3. The third-order valence-electron chi connectivity index (χ3n) is 6.84. The van der Waals surface area contributed by atoms with E-state index in [1.54, 1.807) is 11.3 Å². The van der Waals surface area contributed by atoms with Crippen LogP contribution in [-0.4, -0.2) is 16.6 Å². The largest absolute Gasteiger partial charge is 0.328 e. The molecule has 0 saturated heterocycles. The number of thiophene rings is 1. The van der Waals surface area contributed by atoms with Gasteiger partial charge in [-0.1, -0.05) is 60.7 Å². The van der Waals surface area contributed by atoms with Crippen molar-refractivity contribution in [3.05, 3.63) is 121 Å². The zero-order valence-electron chi connectivity index (χ0n) is 20.4. The normalized spacial score (nSPS) is 13.2. The lowest BCUT2D eigenvalue weighted by molar-refractivity contribution is 0.976. The Morgan fingerprint density at radius 2 is 1.35 bits per heavy atom. The van der Waals surface area contributed by atoms with E-state index in [9.17, 15) is 0 Å². The Hall–Kier alpha value is -4.48. The predicted molar refractivity (Wildman–Crippen MR) is 156 cm³/mol. The molecule has 4 heterocycles. The molecule has 3 aromatic heterocycles. The van der Waals surface area contributed by atoms with Crippen molar-refractivity contribution < 1.29 is 0 Å². The molecule has 5 heteroatoms. The van der Waals surface area contributed by atoms with Crippen LogP contribution in [0.2, 0.25) is 0 Å². The van der Waals surface area contributed by atoms with Crippen LogP contribution >= 0.6 is 11.3 Å². The predicted octanol–water partition coefficient (Wildman–Crippen LogP) is 8.24. The van der Waals surface area contributed by atoms with Gasteiger partial charge in [-0.05, 0) is 49.4 Å². The summed E-state index contributed by atoms with van der Waals surface area (Å²) in [4.78, 5) is 15.6. The molecule has 4 nitrogen and oxygen atoms in total. The van der Waals surface area contributed by atoms with Gasteiger partial charge < -0.3 is 9.80 Å². The van der Waals surface area contributed by atoms with Gasteiger partial charge in [0, 0.05) is 50.4 Å². The van der Waals surface area contributed by atoms with Gasteiger partial charge in [0.1, 0.15) is 4.83 Å². The van der Waals surface area contributed by atoms with Crippen LogP contribution in [-0.2, 0) is 0 Å². The van der Waals surface area contributed by atoms with Crippen molar-refractivity contribution in [1.29, 1.82) is 0 Å². The maximum absolute atomic E-state index is 5.18. The van der Waals surface area contributed by atoms with Crippen LogP contribution in [0.5, 0.6) is 0 Å². The molecular formula is C32H24N4S. The summed E-state index contributed by atoms with van der Waals surface area (Å²) in [5.41, 5.74) is 7.56. The molecule has 0 aliphatic carbocycles. The van der Waals surface area contributed by atoms with E-state index in [1.807, 2.05) is 13.0 Å². The number of para-hydroxylation sites is 2. The Kier molecular flexibility index (Phi) is 5.22. The van der Waals surface area contributed by atoms with E-state index in [1.165, 1.54) is 21.2 Å². The van der Waals surface area contributed by atoms with Crippen LogP contribution in [0, 0.1) is 6.92 Å². The Morgan fingerprint density at radius 1 is 0.622 bits per heavy atom. The third kappa shape index (κ3) is 3.85. The van der Waals surface area contributed by atoms with E-state index in [0.29, 0.717) is 0 Å².